The second-order valence-electron chi connectivity index (χ2n) is 2.45. The van der Waals surface area contributed by atoms with Crippen LogP contribution in [0, 0.1) is 0 Å². The van der Waals surface area contributed by atoms with Gasteiger partial charge >= 0.3 is 0 Å². The number of thiocarbonyl (C=S) groups is 1. The van der Waals surface area contributed by atoms with E-state index < -0.39 is 0 Å². The lowest BCUT2D eigenvalue weighted by atomic mass is 9.93. The second-order valence-corrected chi connectivity index (χ2v) is 2.89. The molecule has 0 aliphatic heterocycles. The van der Waals surface area contributed by atoms with Crippen LogP contribution >= 0.6 is 12.2 Å². The summed E-state index contributed by atoms with van der Waals surface area (Å²) in [5, 5.41) is 0. The number of rotatable bonds is 2. The molecule has 0 heterocycles. The standard InChI is InChI=1S/C11H10S/c1-4-9-6-7-11(12)8(3)10(9)5-2/h4-7H,1-3H2. The summed E-state index contributed by atoms with van der Waals surface area (Å²) in [6.07, 6.45) is 7.33. The summed E-state index contributed by atoms with van der Waals surface area (Å²) in [6, 6.07) is 0. The van der Waals surface area contributed by atoms with Gasteiger partial charge in [0, 0.05) is 4.86 Å². The fourth-order valence-electron chi connectivity index (χ4n) is 1.08. The topological polar surface area (TPSA) is 0 Å². The number of allylic oxidation sites excluding steroid dienone is 7. The summed E-state index contributed by atoms with van der Waals surface area (Å²) in [7, 11) is 0. The summed E-state index contributed by atoms with van der Waals surface area (Å²) in [5.74, 6) is 0. The molecule has 0 aromatic heterocycles. The largest absolute Gasteiger partial charge is 0.0984 e. The van der Waals surface area contributed by atoms with Crippen molar-refractivity contribution >= 4 is 17.1 Å². The number of hydrogen-bond acceptors (Lipinski definition) is 1. The maximum Gasteiger partial charge on any atom is 0.0449 e. The minimum absolute atomic E-state index is 0.774. The van der Waals surface area contributed by atoms with Crippen molar-refractivity contribution in [2.45, 2.75) is 0 Å². The van der Waals surface area contributed by atoms with Gasteiger partial charge in [-0.3, -0.25) is 0 Å². The molecule has 0 N–H and O–H groups in total. The lowest BCUT2D eigenvalue weighted by Gasteiger charge is -2.12. The Morgan fingerprint density at radius 1 is 1.17 bits per heavy atom. The van der Waals surface area contributed by atoms with Crippen molar-refractivity contribution in [3.05, 3.63) is 60.8 Å². The van der Waals surface area contributed by atoms with Crippen LogP contribution in [-0.2, 0) is 0 Å². The van der Waals surface area contributed by atoms with Gasteiger partial charge in [0.2, 0.25) is 0 Å². The first-order chi connectivity index (χ1) is 5.70. The molecule has 1 aliphatic rings. The Morgan fingerprint density at radius 3 is 2.33 bits per heavy atom. The second kappa shape index (κ2) is 3.46. The molecule has 60 valence electrons. The van der Waals surface area contributed by atoms with Crippen LogP contribution in [0.15, 0.2) is 60.8 Å². The van der Waals surface area contributed by atoms with Crippen LogP contribution in [0.1, 0.15) is 0 Å². The predicted octanol–water partition coefficient (Wildman–Crippen LogP) is 3.15. The monoisotopic (exact) mass is 174 g/mol. The SMILES string of the molecule is C=CC1=C(C=C)C(=C)C(=S)C=C1. The molecule has 0 spiro atoms. The Kier molecular flexibility index (Phi) is 2.56. The Balaban J connectivity index is 3.26. The highest BCUT2D eigenvalue weighted by atomic mass is 32.1. The van der Waals surface area contributed by atoms with Gasteiger partial charge in [-0.1, -0.05) is 50.2 Å². The molecule has 0 unspecified atom stereocenters. The van der Waals surface area contributed by atoms with E-state index in [1.54, 1.807) is 12.2 Å². The van der Waals surface area contributed by atoms with Crippen LogP contribution in [0.3, 0.4) is 0 Å². The van der Waals surface area contributed by atoms with Crippen LogP contribution in [-0.4, -0.2) is 4.86 Å². The Labute approximate surface area is 78.3 Å². The lowest BCUT2D eigenvalue weighted by molar-refractivity contribution is 1.52. The minimum Gasteiger partial charge on any atom is -0.0984 e. The molecule has 0 amide bonds. The molecule has 0 saturated heterocycles. The average Bonchev–Trinajstić information content (AvgIpc) is 2.09. The smallest absolute Gasteiger partial charge is 0.0449 e. The zero-order chi connectivity index (χ0) is 9.14. The highest BCUT2D eigenvalue weighted by molar-refractivity contribution is 7.81. The van der Waals surface area contributed by atoms with Gasteiger partial charge in [-0.25, -0.2) is 0 Å². The van der Waals surface area contributed by atoms with E-state index in [0.717, 1.165) is 21.6 Å². The quantitative estimate of drug-likeness (QED) is 0.458. The van der Waals surface area contributed by atoms with Gasteiger partial charge in [0.25, 0.3) is 0 Å². The van der Waals surface area contributed by atoms with Crippen molar-refractivity contribution in [1.29, 1.82) is 0 Å². The van der Waals surface area contributed by atoms with Crippen molar-refractivity contribution in [3.63, 3.8) is 0 Å². The molecule has 0 atom stereocenters. The van der Waals surface area contributed by atoms with Crippen LogP contribution in [0.5, 0.6) is 0 Å². The average molecular weight is 174 g/mol. The Hall–Kier alpha value is -1.21. The molecule has 1 aliphatic carbocycles. The molecule has 0 aromatic carbocycles. The summed E-state index contributed by atoms with van der Waals surface area (Å²) in [5.41, 5.74) is 2.87. The minimum atomic E-state index is 0.774. The van der Waals surface area contributed by atoms with Gasteiger partial charge < -0.3 is 0 Å². The van der Waals surface area contributed by atoms with Crippen LogP contribution in [0.25, 0.3) is 0 Å². The molecule has 0 saturated carbocycles. The van der Waals surface area contributed by atoms with Crippen LogP contribution < -0.4 is 0 Å². The summed E-state index contributed by atoms with van der Waals surface area (Å²) in [4.78, 5) is 0.774. The number of hydrogen-bond donors (Lipinski definition) is 0. The first-order valence-electron chi connectivity index (χ1n) is 3.61. The van der Waals surface area contributed by atoms with Gasteiger partial charge in [-0.15, -0.1) is 0 Å². The van der Waals surface area contributed by atoms with E-state index in [2.05, 4.69) is 19.7 Å². The highest BCUT2D eigenvalue weighted by Gasteiger charge is 2.10. The molecule has 1 heteroatoms. The summed E-state index contributed by atoms with van der Waals surface area (Å²) in [6.45, 7) is 11.3. The van der Waals surface area contributed by atoms with Gasteiger partial charge in [0.05, 0.1) is 0 Å². The molecule has 1 rings (SSSR count). The first-order valence-corrected chi connectivity index (χ1v) is 4.02. The van der Waals surface area contributed by atoms with Crippen molar-refractivity contribution in [1.82, 2.24) is 0 Å². The van der Waals surface area contributed by atoms with Crippen LogP contribution in [0.2, 0.25) is 0 Å². The van der Waals surface area contributed by atoms with E-state index in [9.17, 15) is 0 Å². The first kappa shape index (κ1) is 8.88. The van der Waals surface area contributed by atoms with Crippen LogP contribution in [0.4, 0.5) is 0 Å². The molecular weight excluding hydrogens is 164 g/mol. The highest BCUT2D eigenvalue weighted by Crippen LogP contribution is 2.23. The molecule has 12 heavy (non-hydrogen) atoms. The summed E-state index contributed by atoms with van der Waals surface area (Å²) < 4.78 is 0. The summed E-state index contributed by atoms with van der Waals surface area (Å²) >= 11 is 5.07. The Morgan fingerprint density at radius 2 is 1.83 bits per heavy atom. The third-order valence-corrected chi connectivity index (χ3v) is 2.15. The molecule has 0 fully saturated rings. The predicted molar refractivity (Wildman–Crippen MR) is 58.3 cm³/mol. The molecule has 0 radical (unpaired) electrons. The maximum atomic E-state index is 5.07. The third kappa shape index (κ3) is 1.36. The molecular formula is C11H10S. The van der Waals surface area contributed by atoms with Crippen molar-refractivity contribution < 1.29 is 0 Å². The zero-order valence-corrected chi connectivity index (χ0v) is 7.66. The Bertz CT molecular complexity index is 327. The third-order valence-electron chi connectivity index (χ3n) is 1.77. The molecule has 0 nitrogen and oxygen atoms in total. The van der Waals surface area contributed by atoms with E-state index in [4.69, 9.17) is 12.2 Å². The fraction of sp³-hybridized carbons (Fsp3) is 0. The maximum absolute atomic E-state index is 5.07. The molecule has 0 aromatic rings. The van der Waals surface area contributed by atoms with Crippen molar-refractivity contribution in [3.8, 4) is 0 Å². The van der Waals surface area contributed by atoms with E-state index in [1.165, 1.54) is 0 Å². The van der Waals surface area contributed by atoms with E-state index >= 15 is 0 Å². The lowest BCUT2D eigenvalue weighted by Crippen LogP contribution is -2.03. The van der Waals surface area contributed by atoms with Crippen molar-refractivity contribution in [2.24, 2.45) is 0 Å². The van der Waals surface area contributed by atoms with Gasteiger partial charge in [-0.05, 0) is 22.8 Å². The molecule has 0 bridgehead atoms. The van der Waals surface area contributed by atoms with E-state index in [1.807, 2.05) is 12.2 Å². The van der Waals surface area contributed by atoms with E-state index in [0.29, 0.717) is 0 Å². The van der Waals surface area contributed by atoms with E-state index in [-0.39, 0.29) is 0 Å². The van der Waals surface area contributed by atoms with Gasteiger partial charge in [0.1, 0.15) is 0 Å². The zero-order valence-electron chi connectivity index (χ0n) is 6.84. The van der Waals surface area contributed by atoms with Crippen molar-refractivity contribution in [2.75, 3.05) is 0 Å². The fourth-order valence-corrected chi connectivity index (χ4v) is 1.26. The van der Waals surface area contributed by atoms with Gasteiger partial charge in [-0.2, -0.15) is 0 Å². The normalized spacial score (nSPS) is 16.7. The van der Waals surface area contributed by atoms with Gasteiger partial charge in [0.15, 0.2) is 0 Å².